The highest BCUT2D eigenvalue weighted by Gasteiger charge is 2.24. The van der Waals surface area contributed by atoms with Gasteiger partial charge in [-0.25, -0.2) is 0 Å². The zero-order chi connectivity index (χ0) is 11.4. The van der Waals surface area contributed by atoms with Gasteiger partial charge in [0.15, 0.2) is 0 Å². The largest absolute Gasteiger partial charge is 0.301 e. The second-order valence-corrected chi connectivity index (χ2v) is 5.60. The Kier molecular flexibility index (Phi) is 6.15. The summed E-state index contributed by atoms with van der Waals surface area (Å²) >= 11 is 4.43. The van der Waals surface area contributed by atoms with Crippen molar-refractivity contribution in [2.45, 2.75) is 46.6 Å². The molecule has 0 bridgehead atoms. The minimum atomic E-state index is 0.316. The molecule has 0 aliphatic heterocycles. The molecule has 0 heterocycles. The summed E-state index contributed by atoms with van der Waals surface area (Å²) < 4.78 is 0. The smallest absolute Gasteiger partial charge is 0.0147 e. The number of hydrogen-bond donors (Lipinski definition) is 1. The van der Waals surface area contributed by atoms with Gasteiger partial charge in [0.25, 0.3) is 0 Å². The first-order valence-electron chi connectivity index (χ1n) is 5.67. The molecular formula is C12H27NS. The number of hydrogen-bond acceptors (Lipinski definition) is 2. The first-order chi connectivity index (χ1) is 6.35. The summed E-state index contributed by atoms with van der Waals surface area (Å²) in [7, 11) is 2.22. The molecule has 0 aromatic rings. The lowest BCUT2D eigenvalue weighted by Gasteiger charge is -2.38. The molecular weight excluding hydrogens is 190 g/mol. The van der Waals surface area contributed by atoms with Crippen molar-refractivity contribution in [3.05, 3.63) is 0 Å². The van der Waals surface area contributed by atoms with E-state index in [9.17, 15) is 0 Å². The van der Waals surface area contributed by atoms with Crippen molar-refractivity contribution in [3.8, 4) is 0 Å². The quantitative estimate of drug-likeness (QED) is 0.668. The SMILES string of the molecule is CCC(C)(C)N(C)CC(CS)C(C)C. The second kappa shape index (κ2) is 6.02. The topological polar surface area (TPSA) is 3.24 Å². The van der Waals surface area contributed by atoms with Gasteiger partial charge in [-0.15, -0.1) is 0 Å². The van der Waals surface area contributed by atoms with Crippen LogP contribution in [0.4, 0.5) is 0 Å². The van der Waals surface area contributed by atoms with E-state index in [0.717, 1.165) is 18.2 Å². The van der Waals surface area contributed by atoms with E-state index in [1.54, 1.807) is 0 Å². The molecule has 0 rings (SSSR count). The molecule has 86 valence electrons. The molecule has 2 heteroatoms. The van der Waals surface area contributed by atoms with Gasteiger partial charge in [0.2, 0.25) is 0 Å². The predicted octanol–water partition coefficient (Wildman–Crippen LogP) is 3.31. The van der Waals surface area contributed by atoms with Crippen LogP contribution >= 0.6 is 12.6 Å². The van der Waals surface area contributed by atoms with Crippen LogP contribution in [0, 0.1) is 11.8 Å². The van der Waals surface area contributed by atoms with Gasteiger partial charge >= 0.3 is 0 Å². The highest BCUT2D eigenvalue weighted by Crippen LogP contribution is 2.21. The molecule has 14 heavy (non-hydrogen) atoms. The first-order valence-corrected chi connectivity index (χ1v) is 6.30. The van der Waals surface area contributed by atoms with Crippen LogP contribution in [0.1, 0.15) is 41.0 Å². The summed E-state index contributed by atoms with van der Waals surface area (Å²) in [6, 6.07) is 0. The van der Waals surface area contributed by atoms with Gasteiger partial charge in [-0.3, -0.25) is 0 Å². The van der Waals surface area contributed by atoms with E-state index in [2.05, 4.69) is 59.2 Å². The van der Waals surface area contributed by atoms with E-state index in [0.29, 0.717) is 11.5 Å². The molecule has 0 aromatic heterocycles. The van der Waals surface area contributed by atoms with Crippen LogP contribution < -0.4 is 0 Å². The van der Waals surface area contributed by atoms with Crippen molar-refractivity contribution < 1.29 is 0 Å². The van der Waals surface area contributed by atoms with Crippen molar-refractivity contribution >= 4 is 12.6 Å². The van der Waals surface area contributed by atoms with Crippen LogP contribution in [0.5, 0.6) is 0 Å². The molecule has 0 fully saturated rings. The zero-order valence-electron chi connectivity index (χ0n) is 10.7. The maximum atomic E-state index is 4.43. The van der Waals surface area contributed by atoms with Gasteiger partial charge in [-0.2, -0.15) is 12.6 Å². The number of rotatable bonds is 6. The summed E-state index contributed by atoms with van der Waals surface area (Å²) in [5.41, 5.74) is 0.316. The van der Waals surface area contributed by atoms with Gasteiger partial charge in [-0.1, -0.05) is 20.8 Å². The highest BCUT2D eigenvalue weighted by atomic mass is 32.1. The van der Waals surface area contributed by atoms with Crippen molar-refractivity contribution in [1.82, 2.24) is 4.90 Å². The zero-order valence-corrected chi connectivity index (χ0v) is 11.6. The van der Waals surface area contributed by atoms with Crippen LogP contribution in [0.15, 0.2) is 0 Å². The minimum Gasteiger partial charge on any atom is -0.301 e. The Morgan fingerprint density at radius 1 is 1.29 bits per heavy atom. The summed E-state index contributed by atoms with van der Waals surface area (Å²) in [4.78, 5) is 2.47. The molecule has 0 amide bonds. The summed E-state index contributed by atoms with van der Waals surface area (Å²) in [5, 5.41) is 0. The van der Waals surface area contributed by atoms with Gasteiger partial charge in [0.1, 0.15) is 0 Å². The van der Waals surface area contributed by atoms with Crippen molar-refractivity contribution in [3.63, 3.8) is 0 Å². The molecule has 0 spiro atoms. The van der Waals surface area contributed by atoms with E-state index in [1.165, 1.54) is 6.42 Å². The van der Waals surface area contributed by atoms with Crippen molar-refractivity contribution in [2.75, 3.05) is 19.3 Å². The lowest BCUT2D eigenvalue weighted by Crippen LogP contribution is -2.44. The van der Waals surface area contributed by atoms with Crippen molar-refractivity contribution in [2.24, 2.45) is 11.8 Å². The van der Waals surface area contributed by atoms with Crippen LogP contribution in [0.2, 0.25) is 0 Å². The standard InChI is InChI=1S/C12H27NS/c1-7-12(4,5)13(6)8-11(9-14)10(2)3/h10-11,14H,7-9H2,1-6H3. The molecule has 0 aliphatic carbocycles. The Labute approximate surface area is 95.7 Å². The fraction of sp³-hybridized carbons (Fsp3) is 1.00. The van der Waals surface area contributed by atoms with E-state index < -0.39 is 0 Å². The molecule has 1 unspecified atom stereocenters. The third-order valence-electron chi connectivity index (χ3n) is 3.58. The molecule has 0 aliphatic rings. The van der Waals surface area contributed by atoms with E-state index in [1.807, 2.05) is 0 Å². The van der Waals surface area contributed by atoms with Crippen molar-refractivity contribution in [1.29, 1.82) is 0 Å². The summed E-state index contributed by atoms with van der Waals surface area (Å²) in [6.07, 6.45) is 1.20. The molecule has 0 radical (unpaired) electrons. The third-order valence-corrected chi connectivity index (χ3v) is 4.05. The van der Waals surface area contributed by atoms with E-state index in [-0.39, 0.29) is 0 Å². The lowest BCUT2D eigenvalue weighted by molar-refractivity contribution is 0.121. The summed E-state index contributed by atoms with van der Waals surface area (Å²) in [5.74, 6) is 2.42. The highest BCUT2D eigenvalue weighted by molar-refractivity contribution is 7.80. The van der Waals surface area contributed by atoms with Crippen LogP contribution in [-0.4, -0.2) is 29.8 Å². The molecule has 0 saturated carbocycles. The average molecular weight is 217 g/mol. The van der Waals surface area contributed by atoms with Gasteiger partial charge in [-0.05, 0) is 44.9 Å². The second-order valence-electron chi connectivity index (χ2n) is 5.23. The molecule has 1 atom stereocenters. The molecule has 0 aromatic carbocycles. The Morgan fingerprint density at radius 3 is 2.07 bits per heavy atom. The van der Waals surface area contributed by atoms with Crippen LogP contribution in [0.3, 0.4) is 0 Å². The summed E-state index contributed by atoms with van der Waals surface area (Å²) in [6.45, 7) is 12.6. The monoisotopic (exact) mass is 217 g/mol. The lowest BCUT2D eigenvalue weighted by atomic mass is 9.93. The maximum absolute atomic E-state index is 4.43. The van der Waals surface area contributed by atoms with Gasteiger partial charge < -0.3 is 4.90 Å². The number of thiol groups is 1. The van der Waals surface area contributed by atoms with Crippen LogP contribution in [-0.2, 0) is 0 Å². The number of nitrogens with zero attached hydrogens (tertiary/aromatic N) is 1. The Bertz CT molecular complexity index is 154. The Balaban J connectivity index is 4.21. The normalized spacial score (nSPS) is 15.2. The fourth-order valence-corrected chi connectivity index (χ4v) is 1.89. The Hall–Kier alpha value is 0.310. The maximum Gasteiger partial charge on any atom is 0.0147 e. The third kappa shape index (κ3) is 4.22. The van der Waals surface area contributed by atoms with Gasteiger partial charge in [0.05, 0.1) is 0 Å². The minimum absolute atomic E-state index is 0.316. The van der Waals surface area contributed by atoms with E-state index in [4.69, 9.17) is 0 Å². The van der Waals surface area contributed by atoms with Gasteiger partial charge in [0, 0.05) is 12.1 Å². The molecule has 0 saturated heterocycles. The predicted molar refractivity (Wildman–Crippen MR) is 69.2 cm³/mol. The van der Waals surface area contributed by atoms with Crippen LogP contribution in [0.25, 0.3) is 0 Å². The Morgan fingerprint density at radius 2 is 1.79 bits per heavy atom. The molecule has 1 nitrogen and oxygen atoms in total. The van der Waals surface area contributed by atoms with E-state index >= 15 is 0 Å². The fourth-order valence-electron chi connectivity index (χ4n) is 1.35. The average Bonchev–Trinajstić information content (AvgIpc) is 2.12. The first kappa shape index (κ1) is 14.3. The molecule has 0 N–H and O–H groups in total.